The summed E-state index contributed by atoms with van der Waals surface area (Å²) in [5, 5.41) is 22.2. The molecule has 40 heavy (non-hydrogen) atoms. The molecule has 6 nitrogen and oxygen atoms in total. The standard InChI is InChI=1S/C34H64N4O2/c1-23(2)38-31(40)12-9-24(3)27-10-11-28-32-29(14-16-34(27,28)5)33(4)15-13-26(21-25(33)22-30(32)39)37-20-8-19-36-18-7-6-17-35/h23-30,32,36-37,39H,6-22,35H2,1-5H3,(H,38,40)/t24-,25?,26+,27?,28?,29?,30-,32?,33+,34-/m1/s1. The van der Waals surface area contributed by atoms with E-state index in [2.05, 4.69) is 36.7 Å². The Morgan fingerprint density at radius 2 is 1.65 bits per heavy atom. The van der Waals surface area contributed by atoms with Gasteiger partial charge in [-0.05, 0) is 163 Å². The Bertz CT molecular complexity index is 807. The van der Waals surface area contributed by atoms with Crippen molar-refractivity contribution in [2.45, 2.75) is 136 Å². The molecule has 4 rings (SSSR count). The zero-order valence-electron chi connectivity index (χ0n) is 26.6. The van der Waals surface area contributed by atoms with E-state index in [9.17, 15) is 9.90 Å². The molecule has 232 valence electrons. The fraction of sp³-hybridized carbons (Fsp3) is 0.971. The number of aliphatic hydroxyl groups is 1. The molecular weight excluding hydrogens is 496 g/mol. The molecule has 0 bridgehead atoms. The molecule has 0 aromatic heterocycles. The molecule has 0 aromatic carbocycles. The number of hydrogen-bond acceptors (Lipinski definition) is 5. The quantitative estimate of drug-likeness (QED) is 0.187. The summed E-state index contributed by atoms with van der Waals surface area (Å²) in [5.41, 5.74) is 6.28. The van der Waals surface area contributed by atoms with Gasteiger partial charge in [-0.1, -0.05) is 20.8 Å². The zero-order valence-corrected chi connectivity index (χ0v) is 26.6. The van der Waals surface area contributed by atoms with Crippen molar-refractivity contribution in [1.29, 1.82) is 0 Å². The fourth-order valence-corrected chi connectivity index (χ4v) is 10.4. The van der Waals surface area contributed by atoms with Gasteiger partial charge in [-0.3, -0.25) is 4.79 Å². The molecule has 6 heteroatoms. The monoisotopic (exact) mass is 561 g/mol. The highest BCUT2D eigenvalue weighted by atomic mass is 16.3. The Kier molecular flexibility index (Phi) is 11.4. The van der Waals surface area contributed by atoms with Gasteiger partial charge >= 0.3 is 0 Å². The lowest BCUT2D eigenvalue weighted by atomic mass is 9.43. The second kappa shape index (κ2) is 14.2. The number of unbranched alkanes of at least 4 members (excludes halogenated alkanes) is 1. The van der Waals surface area contributed by atoms with Crippen molar-refractivity contribution >= 4 is 5.91 Å². The van der Waals surface area contributed by atoms with E-state index in [0.29, 0.717) is 58.8 Å². The zero-order chi connectivity index (χ0) is 28.9. The van der Waals surface area contributed by atoms with Gasteiger partial charge in [-0.2, -0.15) is 0 Å². The van der Waals surface area contributed by atoms with E-state index in [-0.39, 0.29) is 18.1 Å². The number of nitrogens with one attached hydrogen (secondary N) is 3. The summed E-state index contributed by atoms with van der Waals surface area (Å²) in [4.78, 5) is 12.3. The van der Waals surface area contributed by atoms with E-state index < -0.39 is 0 Å². The summed E-state index contributed by atoms with van der Waals surface area (Å²) in [5.74, 6) is 3.87. The molecule has 10 atom stereocenters. The Hall–Kier alpha value is -0.690. The molecule has 0 aliphatic heterocycles. The molecule has 6 N–H and O–H groups in total. The highest BCUT2D eigenvalue weighted by Crippen LogP contribution is 2.68. The molecule has 0 radical (unpaired) electrons. The van der Waals surface area contributed by atoms with E-state index >= 15 is 0 Å². The molecule has 4 fully saturated rings. The van der Waals surface area contributed by atoms with E-state index in [1.54, 1.807) is 0 Å². The van der Waals surface area contributed by atoms with Crippen LogP contribution in [0.1, 0.15) is 118 Å². The lowest BCUT2D eigenvalue weighted by Gasteiger charge is -2.62. The third-order valence-corrected chi connectivity index (χ3v) is 12.5. The van der Waals surface area contributed by atoms with Gasteiger partial charge in [0.15, 0.2) is 0 Å². The minimum absolute atomic E-state index is 0.143. The summed E-state index contributed by atoms with van der Waals surface area (Å²) in [7, 11) is 0. The Morgan fingerprint density at radius 3 is 2.40 bits per heavy atom. The first kappa shape index (κ1) is 32.2. The van der Waals surface area contributed by atoms with Crippen molar-refractivity contribution in [3.8, 4) is 0 Å². The molecule has 1 amide bonds. The van der Waals surface area contributed by atoms with Crippen molar-refractivity contribution in [2.24, 2.45) is 52.1 Å². The first-order chi connectivity index (χ1) is 19.1. The molecule has 0 heterocycles. The second-order valence-electron chi connectivity index (χ2n) is 15.3. The van der Waals surface area contributed by atoms with Crippen LogP contribution in [-0.4, -0.2) is 55.4 Å². The number of carbonyl (C=O) groups excluding carboxylic acids is 1. The van der Waals surface area contributed by atoms with Gasteiger partial charge in [0.25, 0.3) is 0 Å². The average molecular weight is 561 g/mol. The summed E-state index contributed by atoms with van der Waals surface area (Å²) >= 11 is 0. The van der Waals surface area contributed by atoms with E-state index in [1.165, 1.54) is 57.8 Å². The summed E-state index contributed by atoms with van der Waals surface area (Å²) < 4.78 is 0. The van der Waals surface area contributed by atoms with Crippen LogP contribution in [0.3, 0.4) is 0 Å². The predicted octanol–water partition coefficient (Wildman–Crippen LogP) is 5.23. The molecular formula is C34H64N4O2. The normalized spacial score (nSPS) is 39.9. The van der Waals surface area contributed by atoms with Crippen LogP contribution in [0.15, 0.2) is 0 Å². The van der Waals surface area contributed by atoms with Crippen LogP contribution >= 0.6 is 0 Å². The maximum absolute atomic E-state index is 12.3. The maximum atomic E-state index is 12.3. The second-order valence-corrected chi connectivity index (χ2v) is 15.3. The summed E-state index contributed by atoms with van der Waals surface area (Å²) in [6.45, 7) is 15.7. The van der Waals surface area contributed by atoms with Crippen molar-refractivity contribution in [1.82, 2.24) is 16.0 Å². The van der Waals surface area contributed by atoms with Gasteiger partial charge < -0.3 is 26.8 Å². The molecule has 5 unspecified atom stereocenters. The van der Waals surface area contributed by atoms with Crippen molar-refractivity contribution in [3.63, 3.8) is 0 Å². The Morgan fingerprint density at radius 1 is 0.925 bits per heavy atom. The number of carbonyl (C=O) groups is 1. The van der Waals surface area contributed by atoms with Crippen LogP contribution < -0.4 is 21.7 Å². The number of hydrogen-bond donors (Lipinski definition) is 5. The number of nitrogens with two attached hydrogens (primary N) is 1. The van der Waals surface area contributed by atoms with Crippen LogP contribution in [0, 0.1) is 46.3 Å². The fourth-order valence-electron chi connectivity index (χ4n) is 10.4. The highest BCUT2D eigenvalue weighted by molar-refractivity contribution is 5.76. The van der Waals surface area contributed by atoms with Crippen LogP contribution in [0.4, 0.5) is 0 Å². The molecule has 0 saturated heterocycles. The van der Waals surface area contributed by atoms with Crippen molar-refractivity contribution in [3.05, 3.63) is 0 Å². The van der Waals surface area contributed by atoms with Gasteiger partial charge in [-0.25, -0.2) is 0 Å². The molecule has 4 aliphatic carbocycles. The van der Waals surface area contributed by atoms with Gasteiger partial charge in [0.2, 0.25) is 5.91 Å². The third-order valence-electron chi connectivity index (χ3n) is 12.5. The minimum atomic E-state index is -0.143. The highest BCUT2D eigenvalue weighted by Gasteiger charge is 2.62. The molecule has 0 aromatic rings. The Labute approximate surface area is 246 Å². The van der Waals surface area contributed by atoms with Crippen LogP contribution in [0.5, 0.6) is 0 Å². The number of rotatable bonds is 14. The number of aliphatic hydroxyl groups excluding tert-OH is 1. The van der Waals surface area contributed by atoms with Gasteiger partial charge in [0.05, 0.1) is 6.10 Å². The van der Waals surface area contributed by atoms with Gasteiger partial charge in [0, 0.05) is 18.5 Å². The van der Waals surface area contributed by atoms with Crippen LogP contribution in [0.25, 0.3) is 0 Å². The maximum Gasteiger partial charge on any atom is 0.220 e. The van der Waals surface area contributed by atoms with Crippen LogP contribution in [0.2, 0.25) is 0 Å². The summed E-state index contributed by atoms with van der Waals surface area (Å²) in [6.07, 6.45) is 14.9. The van der Waals surface area contributed by atoms with Crippen molar-refractivity contribution < 1.29 is 9.90 Å². The van der Waals surface area contributed by atoms with E-state index in [1.807, 2.05) is 13.8 Å². The SMILES string of the molecule is CC(C)NC(=O)CC[C@@H](C)C1CCC2C3C(CC[C@@]21C)[C@@]1(C)CC[C@H](NCCCNCCCCN)CC1C[C@H]3O. The largest absolute Gasteiger partial charge is 0.393 e. The molecule has 0 spiro atoms. The minimum Gasteiger partial charge on any atom is -0.393 e. The number of amides is 1. The smallest absolute Gasteiger partial charge is 0.220 e. The lowest BCUT2D eigenvalue weighted by molar-refractivity contribution is -0.167. The first-order valence-electron chi connectivity index (χ1n) is 17.2. The third kappa shape index (κ3) is 7.09. The van der Waals surface area contributed by atoms with Gasteiger partial charge in [-0.15, -0.1) is 0 Å². The first-order valence-corrected chi connectivity index (χ1v) is 17.2. The molecule has 4 saturated carbocycles. The Balaban J connectivity index is 1.30. The lowest BCUT2D eigenvalue weighted by Crippen LogP contribution is -2.59. The van der Waals surface area contributed by atoms with Crippen LogP contribution in [-0.2, 0) is 4.79 Å². The van der Waals surface area contributed by atoms with Gasteiger partial charge in [0.1, 0.15) is 0 Å². The van der Waals surface area contributed by atoms with Crippen molar-refractivity contribution in [2.75, 3.05) is 26.2 Å². The van der Waals surface area contributed by atoms with E-state index in [0.717, 1.165) is 45.4 Å². The summed E-state index contributed by atoms with van der Waals surface area (Å²) in [6, 6.07) is 0.826. The van der Waals surface area contributed by atoms with E-state index in [4.69, 9.17) is 5.73 Å². The number of fused-ring (bicyclic) bond motifs is 5. The average Bonchev–Trinajstić information content (AvgIpc) is 3.26. The predicted molar refractivity (Wildman–Crippen MR) is 166 cm³/mol. The topological polar surface area (TPSA) is 99.4 Å². The molecule has 4 aliphatic rings.